The molecule has 0 aliphatic rings. The van der Waals surface area contributed by atoms with Crippen molar-refractivity contribution in [2.45, 2.75) is 20.0 Å². The summed E-state index contributed by atoms with van der Waals surface area (Å²) >= 11 is 0. The number of carbonyl (C=O) groups excluding carboxylic acids is 1. The highest BCUT2D eigenvalue weighted by atomic mass is 19.4. The van der Waals surface area contributed by atoms with E-state index in [-0.39, 0.29) is 16.9 Å². The predicted octanol–water partition coefficient (Wildman–Crippen LogP) is 7.87. The van der Waals surface area contributed by atoms with Crippen LogP contribution in [-0.4, -0.2) is 12.6 Å². The van der Waals surface area contributed by atoms with E-state index in [1.165, 1.54) is 24.3 Å². The first-order chi connectivity index (χ1) is 19.6. The summed E-state index contributed by atoms with van der Waals surface area (Å²) in [6.07, 6.45) is -5.04. The van der Waals surface area contributed by atoms with E-state index in [0.717, 1.165) is 28.3 Å². The molecule has 4 aromatic carbocycles. The molecule has 1 aromatic heterocycles. The van der Waals surface area contributed by atoms with Gasteiger partial charge in [-0.15, -0.1) is 0 Å². The molecule has 0 fully saturated rings. The van der Waals surface area contributed by atoms with Gasteiger partial charge in [-0.3, -0.25) is 4.79 Å². The van der Waals surface area contributed by atoms with Gasteiger partial charge < -0.3 is 18.6 Å². The summed E-state index contributed by atoms with van der Waals surface area (Å²) in [6.45, 7) is 3.33. The van der Waals surface area contributed by atoms with Gasteiger partial charge in [-0.2, -0.15) is 13.2 Å². The molecule has 0 N–H and O–H groups in total. The van der Waals surface area contributed by atoms with E-state index in [1.54, 1.807) is 24.3 Å². The smallest absolute Gasteiger partial charge is 0.453 e. The Hall–Kier alpha value is -5.05. The van der Waals surface area contributed by atoms with E-state index in [4.69, 9.17) is 18.6 Å². The zero-order valence-corrected chi connectivity index (χ0v) is 22.0. The molecule has 0 aliphatic carbocycles. The Labute approximate surface area is 232 Å². The van der Waals surface area contributed by atoms with Crippen molar-refractivity contribution >= 4 is 16.9 Å². The minimum atomic E-state index is -5.04. The number of rotatable bonds is 7. The lowest BCUT2D eigenvalue weighted by Gasteiger charge is -2.14. The average Bonchev–Trinajstić information content (AvgIpc) is 2.93. The van der Waals surface area contributed by atoms with Crippen LogP contribution in [0.5, 0.6) is 23.0 Å². The molecule has 9 heteroatoms. The quantitative estimate of drug-likeness (QED) is 0.149. The molecule has 1 heterocycles. The van der Waals surface area contributed by atoms with Crippen LogP contribution >= 0.6 is 0 Å². The zero-order chi connectivity index (χ0) is 29.1. The summed E-state index contributed by atoms with van der Waals surface area (Å²) in [4.78, 5) is 25.4. The fourth-order valence-corrected chi connectivity index (χ4v) is 4.28. The third kappa shape index (κ3) is 6.41. The second kappa shape index (κ2) is 11.2. The van der Waals surface area contributed by atoms with Crippen molar-refractivity contribution in [2.75, 3.05) is 6.61 Å². The highest BCUT2D eigenvalue weighted by Gasteiger charge is 2.40. The second-order valence-electron chi connectivity index (χ2n) is 9.32. The van der Waals surface area contributed by atoms with E-state index < -0.39 is 41.3 Å². The molecular formula is C32H23F3O6. The molecule has 5 aromatic rings. The Morgan fingerprint density at radius 3 is 2.07 bits per heavy atom. The van der Waals surface area contributed by atoms with Crippen molar-refractivity contribution in [3.63, 3.8) is 0 Å². The van der Waals surface area contributed by atoms with Crippen LogP contribution < -0.4 is 19.6 Å². The van der Waals surface area contributed by atoms with Crippen molar-refractivity contribution in [1.29, 1.82) is 0 Å². The molecule has 0 amide bonds. The molecule has 41 heavy (non-hydrogen) atoms. The highest BCUT2D eigenvalue weighted by molar-refractivity contribution is 5.81. The van der Waals surface area contributed by atoms with Crippen molar-refractivity contribution in [2.24, 2.45) is 0 Å². The fourth-order valence-electron chi connectivity index (χ4n) is 4.28. The summed E-state index contributed by atoms with van der Waals surface area (Å²) < 4.78 is 63.1. The first-order valence-corrected chi connectivity index (χ1v) is 12.5. The van der Waals surface area contributed by atoms with Crippen LogP contribution in [-0.2, 0) is 11.0 Å². The first-order valence-electron chi connectivity index (χ1n) is 12.5. The maximum Gasteiger partial charge on any atom is 0.453 e. The predicted molar refractivity (Wildman–Crippen MR) is 146 cm³/mol. The molecular weight excluding hydrogens is 537 g/mol. The van der Waals surface area contributed by atoms with E-state index in [9.17, 15) is 22.8 Å². The Morgan fingerprint density at radius 1 is 0.780 bits per heavy atom. The van der Waals surface area contributed by atoms with Crippen LogP contribution in [0.2, 0.25) is 0 Å². The van der Waals surface area contributed by atoms with Crippen molar-refractivity contribution in [1.82, 2.24) is 0 Å². The Balaban J connectivity index is 1.39. The molecule has 6 nitrogen and oxygen atoms in total. The SMILES string of the molecule is Cc1cc(C)cc(OCC(=O)Oc2ccc3c(=O)c(Oc4ccc(-c5ccccc5)cc4)c(C(F)(F)F)oc3c2)c1. The maximum absolute atomic E-state index is 14.0. The van der Waals surface area contributed by atoms with Crippen LogP contribution in [0.25, 0.3) is 22.1 Å². The van der Waals surface area contributed by atoms with Gasteiger partial charge in [-0.25, -0.2) is 4.79 Å². The number of halogens is 3. The molecule has 0 radical (unpaired) electrons. The van der Waals surface area contributed by atoms with Gasteiger partial charge in [-0.1, -0.05) is 48.5 Å². The van der Waals surface area contributed by atoms with E-state index in [2.05, 4.69) is 0 Å². The Morgan fingerprint density at radius 2 is 1.41 bits per heavy atom. The minimum Gasteiger partial charge on any atom is -0.482 e. The van der Waals surface area contributed by atoms with Gasteiger partial charge in [-0.05, 0) is 72.5 Å². The largest absolute Gasteiger partial charge is 0.482 e. The van der Waals surface area contributed by atoms with E-state index in [0.29, 0.717) is 5.75 Å². The molecule has 0 saturated carbocycles. The summed E-state index contributed by atoms with van der Waals surface area (Å²) in [5.41, 5.74) is 2.18. The number of aryl methyl sites for hydroxylation is 2. The maximum atomic E-state index is 14.0. The van der Waals surface area contributed by atoms with Gasteiger partial charge >= 0.3 is 12.1 Å². The molecule has 0 bridgehead atoms. The number of benzene rings is 4. The standard InChI is InChI=1S/C32H23F3O6/c1-19-14-20(2)16-25(15-19)38-18-28(36)39-24-12-13-26-27(17-24)41-31(32(33,34)35)30(29(26)37)40-23-10-8-22(9-11-23)21-6-4-3-5-7-21/h3-17H,18H2,1-2H3. The average molecular weight is 561 g/mol. The normalized spacial score (nSPS) is 11.3. The van der Waals surface area contributed by atoms with Gasteiger partial charge in [0.25, 0.3) is 5.76 Å². The van der Waals surface area contributed by atoms with E-state index >= 15 is 0 Å². The Bertz CT molecular complexity index is 1750. The van der Waals surface area contributed by atoms with Gasteiger partial charge in [0.2, 0.25) is 11.2 Å². The van der Waals surface area contributed by atoms with Crippen molar-refractivity contribution in [3.05, 3.63) is 118 Å². The minimum absolute atomic E-state index is 0.0242. The van der Waals surface area contributed by atoms with Crippen LogP contribution in [0.4, 0.5) is 13.2 Å². The first kappa shape index (κ1) is 27.5. The van der Waals surface area contributed by atoms with Crippen molar-refractivity contribution in [3.8, 4) is 34.1 Å². The van der Waals surface area contributed by atoms with Crippen molar-refractivity contribution < 1.29 is 36.6 Å². The topological polar surface area (TPSA) is 75.0 Å². The number of alkyl halides is 3. The molecule has 0 aliphatic heterocycles. The summed E-state index contributed by atoms with van der Waals surface area (Å²) in [7, 11) is 0. The van der Waals surface area contributed by atoms with Crippen LogP contribution in [0.15, 0.2) is 100 Å². The second-order valence-corrected chi connectivity index (χ2v) is 9.32. The number of ether oxygens (including phenoxy) is 3. The summed E-state index contributed by atoms with van der Waals surface area (Å²) in [5.74, 6) is -3.02. The molecule has 0 spiro atoms. The number of hydrogen-bond donors (Lipinski definition) is 0. The summed E-state index contributed by atoms with van der Waals surface area (Å²) in [5, 5.41) is -0.180. The number of esters is 1. The molecule has 208 valence electrons. The van der Waals surface area contributed by atoms with Gasteiger partial charge in [0.1, 0.15) is 22.8 Å². The zero-order valence-electron chi connectivity index (χ0n) is 22.0. The number of fused-ring (bicyclic) bond motifs is 1. The van der Waals surface area contributed by atoms with Crippen LogP contribution in [0.3, 0.4) is 0 Å². The lowest BCUT2D eigenvalue weighted by Crippen LogP contribution is -2.18. The Kier molecular flexibility index (Phi) is 7.52. The third-order valence-corrected chi connectivity index (χ3v) is 6.04. The number of hydrogen-bond acceptors (Lipinski definition) is 6. The number of carbonyl (C=O) groups is 1. The molecule has 0 unspecified atom stereocenters. The van der Waals surface area contributed by atoms with Gasteiger partial charge in [0.15, 0.2) is 6.61 Å². The monoisotopic (exact) mass is 560 g/mol. The molecule has 5 rings (SSSR count). The highest BCUT2D eigenvalue weighted by Crippen LogP contribution is 2.39. The third-order valence-electron chi connectivity index (χ3n) is 6.04. The van der Waals surface area contributed by atoms with E-state index in [1.807, 2.05) is 50.2 Å². The molecule has 0 saturated heterocycles. The fraction of sp³-hybridized carbons (Fsp3) is 0.125. The lowest BCUT2D eigenvalue weighted by molar-refractivity contribution is -0.154. The van der Waals surface area contributed by atoms with Crippen LogP contribution in [0, 0.1) is 13.8 Å². The summed E-state index contributed by atoms with van der Waals surface area (Å²) in [6, 6.07) is 24.6. The molecule has 0 atom stereocenters. The van der Waals surface area contributed by atoms with Gasteiger partial charge in [0.05, 0.1) is 5.39 Å². The van der Waals surface area contributed by atoms with Crippen LogP contribution in [0.1, 0.15) is 16.9 Å². The lowest BCUT2D eigenvalue weighted by atomic mass is 10.1. The van der Waals surface area contributed by atoms with Gasteiger partial charge in [0, 0.05) is 6.07 Å².